The number of hydrogen-bond donors (Lipinski definition) is 1. The predicted octanol–water partition coefficient (Wildman–Crippen LogP) is 3.76. The Kier molecular flexibility index (Phi) is 4.67. The van der Waals surface area contributed by atoms with Gasteiger partial charge in [-0.15, -0.1) is 0 Å². The lowest BCUT2D eigenvalue weighted by Crippen LogP contribution is -2.30. The van der Waals surface area contributed by atoms with Gasteiger partial charge in [-0.25, -0.2) is 0 Å². The molecule has 2 aliphatic rings. The zero-order valence-electron chi connectivity index (χ0n) is 16.1. The van der Waals surface area contributed by atoms with Crippen LogP contribution in [0.5, 0.6) is 5.75 Å². The van der Waals surface area contributed by atoms with E-state index in [-0.39, 0.29) is 11.3 Å². The van der Waals surface area contributed by atoms with Gasteiger partial charge in [0.2, 0.25) is 0 Å². The van der Waals surface area contributed by atoms with Gasteiger partial charge in [0, 0.05) is 18.5 Å². The van der Waals surface area contributed by atoms with Crippen molar-refractivity contribution in [2.24, 2.45) is 0 Å². The Morgan fingerprint density at radius 3 is 2.79 bits per heavy atom. The van der Waals surface area contributed by atoms with Crippen molar-refractivity contribution in [2.75, 3.05) is 13.2 Å². The molecule has 0 saturated carbocycles. The molecule has 0 aromatic heterocycles. The first-order valence-corrected chi connectivity index (χ1v) is 9.62. The topological polar surface area (TPSA) is 66.8 Å². The first-order chi connectivity index (χ1) is 13.5. The Hall–Kier alpha value is -3.08. The van der Waals surface area contributed by atoms with Crippen molar-refractivity contribution in [2.45, 2.75) is 32.7 Å². The van der Waals surface area contributed by atoms with Gasteiger partial charge < -0.3 is 14.7 Å². The van der Waals surface area contributed by atoms with E-state index in [1.807, 2.05) is 44.2 Å². The third-order valence-electron chi connectivity index (χ3n) is 5.33. The number of ketones is 1. The van der Waals surface area contributed by atoms with E-state index in [0.29, 0.717) is 18.7 Å². The highest BCUT2D eigenvalue weighted by Gasteiger charge is 2.45. The fourth-order valence-electron chi connectivity index (χ4n) is 4.03. The van der Waals surface area contributed by atoms with Gasteiger partial charge in [-0.1, -0.05) is 36.8 Å². The number of ether oxygens (including phenoxy) is 1. The van der Waals surface area contributed by atoms with Gasteiger partial charge in [-0.3, -0.25) is 9.59 Å². The number of amides is 1. The highest BCUT2D eigenvalue weighted by atomic mass is 16.5. The number of likely N-dealkylation sites (tertiary alicyclic amines) is 1. The minimum Gasteiger partial charge on any atom is -0.507 e. The second-order valence-corrected chi connectivity index (χ2v) is 7.33. The van der Waals surface area contributed by atoms with E-state index in [1.54, 1.807) is 17.0 Å². The SMILES string of the molecule is CCCN1C(=O)C(=O)/C(=C(\O)c2ccc3c(c2)CCO3)C1c1cccc(C)c1. The van der Waals surface area contributed by atoms with Gasteiger partial charge in [-0.05, 0) is 42.7 Å². The van der Waals surface area contributed by atoms with Crippen LogP contribution in [0, 0.1) is 6.92 Å². The summed E-state index contributed by atoms with van der Waals surface area (Å²) in [5, 5.41) is 11.1. The standard InChI is InChI=1S/C23H23NO4/c1-3-10-24-20(16-6-4-5-14(2)12-16)19(22(26)23(24)27)21(25)17-7-8-18-15(13-17)9-11-28-18/h4-8,12-13,20,25H,3,9-11H2,1-2H3/b21-19-. The summed E-state index contributed by atoms with van der Waals surface area (Å²) in [4.78, 5) is 27.2. The Morgan fingerprint density at radius 2 is 2.04 bits per heavy atom. The van der Waals surface area contributed by atoms with Gasteiger partial charge >= 0.3 is 0 Å². The number of carbonyl (C=O) groups is 2. The van der Waals surface area contributed by atoms with Crippen molar-refractivity contribution < 1.29 is 19.4 Å². The van der Waals surface area contributed by atoms with E-state index < -0.39 is 17.7 Å². The van der Waals surface area contributed by atoms with Crippen LogP contribution in [0.3, 0.4) is 0 Å². The molecule has 2 aromatic rings. The molecule has 4 rings (SSSR count). The number of benzene rings is 2. The minimum atomic E-state index is -0.630. The minimum absolute atomic E-state index is 0.127. The molecule has 2 aromatic carbocycles. The Balaban J connectivity index is 1.87. The lowest BCUT2D eigenvalue weighted by atomic mass is 9.94. The molecule has 0 radical (unpaired) electrons. The van der Waals surface area contributed by atoms with Crippen molar-refractivity contribution >= 4 is 17.4 Å². The van der Waals surface area contributed by atoms with E-state index in [9.17, 15) is 14.7 Å². The smallest absolute Gasteiger partial charge is 0.295 e. The molecule has 0 spiro atoms. The average molecular weight is 377 g/mol. The molecular weight excluding hydrogens is 354 g/mol. The number of aliphatic hydroxyl groups excluding tert-OH is 1. The maximum absolute atomic E-state index is 12.9. The molecule has 1 amide bonds. The summed E-state index contributed by atoms with van der Waals surface area (Å²) in [7, 11) is 0. The zero-order valence-corrected chi connectivity index (χ0v) is 16.1. The molecule has 0 bridgehead atoms. The Labute approximate surface area is 164 Å². The second kappa shape index (κ2) is 7.15. The number of hydrogen-bond acceptors (Lipinski definition) is 4. The number of aryl methyl sites for hydroxylation is 1. The fraction of sp³-hybridized carbons (Fsp3) is 0.304. The summed E-state index contributed by atoms with van der Waals surface area (Å²) in [6.45, 7) is 5.00. The van der Waals surface area contributed by atoms with E-state index in [4.69, 9.17) is 4.74 Å². The molecule has 2 aliphatic heterocycles. The number of nitrogens with zero attached hydrogens (tertiary/aromatic N) is 1. The molecule has 28 heavy (non-hydrogen) atoms. The first-order valence-electron chi connectivity index (χ1n) is 9.62. The Morgan fingerprint density at radius 1 is 1.21 bits per heavy atom. The second-order valence-electron chi connectivity index (χ2n) is 7.33. The van der Waals surface area contributed by atoms with Crippen LogP contribution in [-0.4, -0.2) is 34.8 Å². The van der Waals surface area contributed by atoms with Crippen LogP contribution in [-0.2, 0) is 16.0 Å². The molecule has 2 heterocycles. The Bertz CT molecular complexity index is 992. The van der Waals surface area contributed by atoms with E-state index in [0.717, 1.165) is 35.3 Å². The maximum Gasteiger partial charge on any atom is 0.295 e. The lowest BCUT2D eigenvalue weighted by Gasteiger charge is -2.25. The van der Waals surface area contributed by atoms with Crippen molar-refractivity contribution in [1.82, 2.24) is 4.90 Å². The van der Waals surface area contributed by atoms with Crippen LogP contribution in [0.15, 0.2) is 48.0 Å². The average Bonchev–Trinajstić information content (AvgIpc) is 3.25. The van der Waals surface area contributed by atoms with Crippen LogP contribution in [0.25, 0.3) is 5.76 Å². The van der Waals surface area contributed by atoms with Gasteiger partial charge in [0.05, 0.1) is 18.2 Å². The molecule has 144 valence electrons. The first kappa shape index (κ1) is 18.3. The largest absolute Gasteiger partial charge is 0.507 e. The quantitative estimate of drug-likeness (QED) is 0.500. The number of fused-ring (bicyclic) bond motifs is 1. The van der Waals surface area contributed by atoms with Crippen LogP contribution in [0.4, 0.5) is 0 Å². The number of aliphatic hydroxyl groups is 1. The van der Waals surface area contributed by atoms with E-state index in [1.165, 1.54) is 0 Å². The van der Waals surface area contributed by atoms with Gasteiger partial charge in [0.1, 0.15) is 11.5 Å². The van der Waals surface area contributed by atoms with Crippen molar-refractivity contribution in [3.05, 3.63) is 70.3 Å². The predicted molar refractivity (Wildman–Crippen MR) is 106 cm³/mol. The molecule has 5 nitrogen and oxygen atoms in total. The van der Waals surface area contributed by atoms with Gasteiger partial charge in [0.25, 0.3) is 11.7 Å². The van der Waals surface area contributed by atoms with Crippen molar-refractivity contribution in [1.29, 1.82) is 0 Å². The molecule has 1 atom stereocenters. The number of rotatable bonds is 4. The highest BCUT2D eigenvalue weighted by molar-refractivity contribution is 6.46. The summed E-state index contributed by atoms with van der Waals surface area (Å²) >= 11 is 0. The van der Waals surface area contributed by atoms with E-state index >= 15 is 0 Å². The third-order valence-corrected chi connectivity index (χ3v) is 5.33. The molecule has 0 aliphatic carbocycles. The van der Waals surface area contributed by atoms with Gasteiger partial charge in [-0.2, -0.15) is 0 Å². The summed E-state index contributed by atoms with van der Waals surface area (Å²) in [5.41, 5.74) is 3.56. The molecule has 1 unspecified atom stereocenters. The zero-order chi connectivity index (χ0) is 19.8. The van der Waals surface area contributed by atoms with Crippen LogP contribution < -0.4 is 4.74 Å². The van der Waals surface area contributed by atoms with Crippen molar-refractivity contribution in [3.63, 3.8) is 0 Å². The molecular formula is C23H23NO4. The lowest BCUT2D eigenvalue weighted by molar-refractivity contribution is -0.139. The summed E-state index contributed by atoms with van der Waals surface area (Å²) < 4.78 is 5.52. The third kappa shape index (κ3) is 2.97. The number of carbonyl (C=O) groups excluding carboxylic acids is 2. The number of Topliss-reactive ketones (excluding diaryl/α,β-unsaturated/α-hetero) is 1. The molecule has 5 heteroatoms. The van der Waals surface area contributed by atoms with Crippen LogP contribution >= 0.6 is 0 Å². The van der Waals surface area contributed by atoms with Crippen LogP contribution in [0.1, 0.15) is 41.6 Å². The molecule has 1 saturated heterocycles. The summed E-state index contributed by atoms with van der Waals surface area (Å²) in [5.74, 6) is -0.509. The molecule has 1 fully saturated rings. The summed E-state index contributed by atoms with van der Waals surface area (Å²) in [6, 6.07) is 12.5. The monoisotopic (exact) mass is 377 g/mol. The maximum atomic E-state index is 12.9. The van der Waals surface area contributed by atoms with E-state index in [2.05, 4.69) is 0 Å². The van der Waals surface area contributed by atoms with Crippen LogP contribution in [0.2, 0.25) is 0 Å². The normalized spacial score (nSPS) is 20.4. The molecule has 1 N–H and O–H groups in total. The van der Waals surface area contributed by atoms with Crippen molar-refractivity contribution in [3.8, 4) is 5.75 Å². The van der Waals surface area contributed by atoms with Gasteiger partial charge in [0.15, 0.2) is 0 Å². The fourth-order valence-corrected chi connectivity index (χ4v) is 4.03. The summed E-state index contributed by atoms with van der Waals surface area (Å²) in [6.07, 6.45) is 1.49. The highest BCUT2D eigenvalue weighted by Crippen LogP contribution is 2.40.